The zero-order valence-electron chi connectivity index (χ0n) is 13.6. The second-order valence-electron chi connectivity index (χ2n) is 5.68. The Balaban J connectivity index is 2.03. The molecular formula is C18H12N4O4. The highest BCUT2D eigenvalue weighted by atomic mass is 16.6. The quantitative estimate of drug-likeness (QED) is 0.441. The van der Waals surface area contributed by atoms with Crippen molar-refractivity contribution in [2.24, 2.45) is 4.99 Å². The number of hydrogen-bond donors (Lipinski definition) is 1. The maximum Gasteiger partial charge on any atom is 0.270 e. The van der Waals surface area contributed by atoms with E-state index in [0.29, 0.717) is 22.4 Å². The Morgan fingerprint density at radius 1 is 1.23 bits per heavy atom. The molecule has 4 rings (SSSR count). The van der Waals surface area contributed by atoms with Crippen molar-refractivity contribution in [3.05, 3.63) is 64.2 Å². The van der Waals surface area contributed by atoms with Gasteiger partial charge in [0.15, 0.2) is 0 Å². The highest BCUT2D eigenvalue weighted by molar-refractivity contribution is 5.85. The van der Waals surface area contributed by atoms with E-state index in [0.717, 1.165) is 11.0 Å². The number of nitro benzene ring substituents is 1. The van der Waals surface area contributed by atoms with Crippen LogP contribution in [0.3, 0.4) is 0 Å². The third kappa shape index (κ3) is 2.73. The number of carbonyl (C=O) groups excluding carboxylic acids is 1. The van der Waals surface area contributed by atoms with Crippen LogP contribution in [0.25, 0.3) is 33.4 Å². The Labute approximate surface area is 146 Å². The molecular weight excluding hydrogens is 336 g/mol. The molecule has 0 aliphatic rings. The van der Waals surface area contributed by atoms with Gasteiger partial charge in [0, 0.05) is 24.4 Å². The van der Waals surface area contributed by atoms with Gasteiger partial charge in [0.1, 0.15) is 11.4 Å². The summed E-state index contributed by atoms with van der Waals surface area (Å²) in [6.07, 6.45) is 0. The minimum absolute atomic E-state index is 0.0560. The molecule has 128 valence electrons. The highest BCUT2D eigenvalue weighted by Gasteiger charge is 2.14. The van der Waals surface area contributed by atoms with E-state index in [4.69, 9.17) is 4.42 Å². The van der Waals surface area contributed by atoms with Gasteiger partial charge in [-0.15, -0.1) is 0 Å². The van der Waals surface area contributed by atoms with Crippen molar-refractivity contribution >= 4 is 33.6 Å². The molecule has 1 amide bonds. The number of non-ortho nitro benzene ring substituents is 1. The molecule has 0 atom stereocenters. The first-order valence-corrected chi connectivity index (χ1v) is 7.74. The number of nitrogens with zero attached hydrogens (tertiary/aromatic N) is 3. The van der Waals surface area contributed by atoms with Crippen LogP contribution < -0.4 is 5.55 Å². The SMILES string of the molecule is CC(=O)N=c1oc2ccc([N+](=O)[O-])cc2cc1-c1nc2ccccc2[nH]1. The molecule has 0 radical (unpaired) electrons. The first-order chi connectivity index (χ1) is 12.5. The number of H-pyrrole nitrogens is 1. The van der Waals surface area contributed by atoms with Gasteiger partial charge < -0.3 is 9.40 Å². The summed E-state index contributed by atoms with van der Waals surface area (Å²) in [5.41, 5.74) is 2.43. The summed E-state index contributed by atoms with van der Waals surface area (Å²) >= 11 is 0. The topological polar surface area (TPSA) is 114 Å². The lowest BCUT2D eigenvalue weighted by molar-refractivity contribution is -0.384. The van der Waals surface area contributed by atoms with E-state index < -0.39 is 10.8 Å². The Hall–Kier alpha value is -3.81. The smallest absolute Gasteiger partial charge is 0.270 e. The monoisotopic (exact) mass is 348 g/mol. The van der Waals surface area contributed by atoms with Gasteiger partial charge >= 0.3 is 0 Å². The number of para-hydroxylation sites is 2. The van der Waals surface area contributed by atoms with Crippen molar-refractivity contribution in [2.45, 2.75) is 6.92 Å². The minimum Gasteiger partial charge on any atom is -0.437 e. The number of nitrogens with one attached hydrogen (secondary N) is 1. The average Bonchev–Trinajstić information content (AvgIpc) is 3.04. The molecule has 0 saturated heterocycles. The molecule has 2 aromatic carbocycles. The summed E-state index contributed by atoms with van der Waals surface area (Å²) in [6, 6.07) is 13.4. The molecule has 0 spiro atoms. The second-order valence-corrected chi connectivity index (χ2v) is 5.68. The molecule has 0 aliphatic heterocycles. The summed E-state index contributed by atoms with van der Waals surface area (Å²) in [7, 11) is 0. The first kappa shape index (κ1) is 15.7. The van der Waals surface area contributed by atoms with Crippen LogP contribution in [0.1, 0.15) is 6.92 Å². The minimum atomic E-state index is -0.478. The van der Waals surface area contributed by atoms with E-state index in [-0.39, 0.29) is 11.2 Å². The second kappa shape index (κ2) is 5.92. The number of rotatable bonds is 2. The molecule has 0 aliphatic carbocycles. The molecule has 26 heavy (non-hydrogen) atoms. The fraction of sp³-hybridized carbons (Fsp3) is 0.0556. The van der Waals surface area contributed by atoms with E-state index in [1.807, 2.05) is 24.3 Å². The zero-order chi connectivity index (χ0) is 18.3. The van der Waals surface area contributed by atoms with Crippen LogP contribution in [-0.4, -0.2) is 20.8 Å². The standard InChI is InChI=1S/C18H12N4O4/c1-10(23)19-18-13(17-20-14-4-2-3-5-15(14)21-17)9-11-8-12(22(24)25)6-7-16(11)26-18/h2-9H,1H3,(H,20,21). The molecule has 8 nitrogen and oxygen atoms in total. The number of carbonyl (C=O) groups is 1. The Bertz CT molecular complexity index is 1220. The van der Waals surface area contributed by atoms with Gasteiger partial charge in [-0.3, -0.25) is 14.9 Å². The van der Waals surface area contributed by atoms with Gasteiger partial charge in [-0.1, -0.05) is 12.1 Å². The number of imidazole rings is 1. The molecule has 2 heterocycles. The fourth-order valence-corrected chi connectivity index (χ4v) is 2.71. The normalized spacial score (nSPS) is 12.0. The molecule has 8 heteroatoms. The Kier molecular flexibility index (Phi) is 3.58. The lowest BCUT2D eigenvalue weighted by Gasteiger charge is -2.02. The van der Waals surface area contributed by atoms with E-state index in [1.165, 1.54) is 25.1 Å². The highest BCUT2D eigenvalue weighted by Crippen LogP contribution is 2.24. The van der Waals surface area contributed by atoms with Crippen molar-refractivity contribution in [1.82, 2.24) is 9.97 Å². The van der Waals surface area contributed by atoms with Crippen LogP contribution in [0.4, 0.5) is 5.69 Å². The van der Waals surface area contributed by atoms with Gasteiger partial charge in [0.25, 0.3) is 5.69 Å². The average molecular weight is 348 g/mol. The van der Waals surface area contributed by atoms with Crippen LogP contribution in [0.5, 0.6) is 0 Å². The third-order valence-electron chi connectivity index (χ3n) is 3.84. The fourth-order valence-electron chi connectivity index (χ4n) is 2.71. The Morgan fingerprint density at radius 2 is 2.04 bits per heavy atom. The van der Waals surface area contributed by atoms with Crippen molar-refractivity contribution in [1.29, 1.82) is 0 Å². The van der Waals surface area contributed by atoms with Gasteiger partial charge in [0.05, 0.1) is 21.5 Å². The molecule has 0 saturated carbocycles. The van der Waals surface area contributed by atoms with Crippen molar-refractivity contribution < 1.29 is 14.1 Å². The molecule has 0 bridgehead atoms. The van der Waals surface area contributed by atoms with Crippen LogP contribution >= 0.6 is 0 Å². The first-order valence-electron chi connectivity index (χ1n) is 7.74. The number of aromatic amines is 1. The predicted molar refractivity (Wildman–Crippen MR) is 94.2 cm³/mol. The third-order valence-corrected chi connectivity index (χ3v) is 3.84. The van der Waals surface area contributed by atoms with Crippen LogP contribution in [-0.2, 0) is 4.79 Å². The zero-order valence-corrected chi connectivity index (χ0v) is 13.6. The molecule has 4 aromatic rings. The number of benzene rings is 2. The summed E-state index contributed by atoms with van der Waals surface area (Å²) < 4.78 is 5.72. The molecule has 0 fully saturated rings. The summed E-state index contributed by atoms with van der Waals surface area (Å²) in [6.45, 7) is 1.32. The maximum atomic E-state index is 11.5. The van der Waals surface area contributed by atoms with Gasteiger partial charge in [-0.2, -0.15) is 4.99 Å². The van der Waals surface area contributed by atoms with Crippen molar-refractivity contribution in [3.63, 3.8) is 0 Å². The number of amides is 1. The number of fused-ring (bicyclic) bond motifs is 2. The number of nitro groups is 1. The lowest BCUT2D eigenvalue weighted by atomic mass is 10.1. The van der Waals surface area contributed by atoms with Crippen LogP contribution in [0, 0.1) is 10.1 Å². The van der Waals surface area contributed by atoms with Crippen molar-refractivity contribution in [2.75, 3.05) is 0 Å². The van der Waals surface area contributed by atoms with E-state index in [2.05, 4.69) is 15.0 Å². The number of hydrogen-bond acceptors (Lipinski definition) is 5. The summed E-state index contributed by atoms with van der Waals surface area (Å²) in [4.78, 5) is 33.6. The molecule has 2 aromatic heterocycles. The Morgan fingerprint density at radius 3 is 2.77 bits per heavy atom. The van der Waals surface area contributed by atoms with E-state index in [9.17, 15) is 14.9 Å². The lowest BCUT2D eigenvalue weighted by Crippen LogP contribution is -2.09. The van der Waals surface area contributed by atoms with Gasteiger partial charge in [0.2, 0.25) is 11.5 Å². The largest absolute Gasteiger partial charge is 0.437 e. The molecule has 1 N–H and O–H groups in total. The van der Waals surface area contributed by atoms with Crippen molar-refractivity contribution in [3.8, 4) is 11.4 Å². The maximum absolute atomic E-state index is 11.5. The summed E-state index contributed by atoms with van der Waals surface area (Å²) in [5.74, 6) is 0.0377. The predicted octanol–water partition coefficient (Wildman–Crippen LogP) is 3.33. The van der Waals surface area contributed by atoms with Crippen LogP contribution in [0.2, 0.25) is 0 Å². The van der Waals surface area contributed by atoms with Gasteiger partial charge in [-0.05, 0) is 24.3 Å². The molecule has 0 unspecified atom stereocenters. The van der Waals surface area contributed by atoms with Gasteiger partial charge in [-0.25, -0.2) is 4.98 Å². The van der Waals surface area contributed by atoms with E-state index >= 15 is 0 Å². The summed E-state index contributed by atoms with van der Waals surface area (Å²) in [5, 5.41) is 11.5. The number of aromatic nitrogens is 2. The van der Waals surface area contributed by atoms with Crippen LogP contribution in [0.15, 0.2) is 57.9 Å². The van der Waals surface area contributed by atoms with E-state index in [1.54, 1.807) is 6.07 Å².